The highest BCUT2D eigenvalue weighted by molar-refractivity contribution is 5.91. The molecule has 0 radical (unpaired) electrons. The molecule has 0 aliphatic rings. The quantitative estimate of drug-likeness (QED) is 0.349. The Balaban J connectivity index is 1.80. The molecule has 0 heterocycles. The van der Waals surface area contributed by atoms with Crippen LogP contribution in [-0.2, 0) is 0 Å². The van der Waals surface area contributed by atoms with Gasteiger partial charge in [-0.1, -0.05) is 54.1 Å². The van der Waals surface area contributed by atoms with Crippen LogP contribution in [0, 0.1) is 33.5 Å². The third-order valence-electron chi connectivity index (χ3n) is 5.31. The molecule has 0 atom stereocenters. The van der Waals surface area contributed by atoms with Gasteiger partial charge in [-0.3, -0.25) is 0 Å². The molecule has 0 aromatic heterocycles. The fraction of sp³-hybridized carbons (Fsp3) is 0.154. The highest BCUT2D eigenvalue weighted by Gasteiger charge is 2.09. The predicted molar refractivity (Wildman–Crippen MR) is 114 cm³/mol. The molecule has 0 amide bonds. The van der Waals surface area contributed by atoms with Crippen LogP contribution in [0.2, 0.25) is 0 Å². The molecule has 134 valence electrons. The van der Waals surface area contributed by atoms with E-state index in [9.17, 15) is 4.39 Å². The fourth-order valence-corrected chi connectivity index (χ4v) is 3.99. The van der Waals surface area contributed by atoms with Crippen molar-refractivity contribution in [2.24, 2.45) is 0 Å². The molecule has 0 aliphatic carbocycles. The second-order valence-electron chi connectivity index (χ2n) is 7.51. The number of aryl methyl sites for hydroxylation is 4. The van der Waals surface area contributed by atoms with Gasteiger partial charge < -0.3 is 0 Å². The lowest BCUT2D eigenvalue weighted by molar-refractivity contribution is 0.619. The number of halogens is 1. The molecule has 0 saturated heterocycles. The molecule has 0 bridgehead atoms. The first-order chi connectivity index (χ1) is 12.9. The van der Waals surface area contributed by atoms with E-state index in [1.807, 2.05) is 12.1 Å². The van der Waals surface area contributed by atoms with Gasteiger partial charge in [0.25, 0.3) is 0 Å². The van der Waals surface area contributed by atoms with E-state index in [1.165, 1.54) is 38.6 Å². The molecule has 0 fully saturated rings. The zero-order valence-electron chi connectivity index (χ0n) is 16.2. The first-order valence-electron chi connectivity index (χ1n) is 9.31. The molecule has 0 saturated carbocycles. The lowest BCUT2D eigenvalue weighted by Crippen LogP contribution is -1.90. The Morgan fingerprint density at radius 1 is 0.519 bits per heavy atom. The summed E-state index contributed by atoms with van der Waals surface area (Å²) in [5.74, 6) is -0.159. The number of fused-ring (bicyclic) bond motifs is 1. The van der Waals surface area contributed by atoms with Gasteiger partial charge in [0.15, 0.2) is 0 Å². The van der Waals surface area contributed by atoms with Gasteiger partial charge in [0, 0.05) is 0 Å². The maximum Gasteiger partial charge on any atom is 0.126 e. The second-order valence-corrected chi connectivity index (χ2v) is 7.51. The molecule has 4 rings (SSSR count). The van der Waals surface area contributed by atoms with E-state index in [0.29, 0.717) is 5.56 Å². The van der Waals surface area contributed by atoms with E-state index in [-0.39, 0.29) is 5.82 Å². The third kappa shape index (κ3) is 3.26. The van der Waals surface area contributed by atoms with Crippen LogP contribution in [-0.4, -0.2) is 0 Å². The van der Waals surface area contributed by atoms with Gasteiger partial charge in [0.1, 0.15) is 5.82 Å². The average molecular weight is 354 g/mol. The summed E-state index contributed by atoms with van der Waals surface area (Å²) in [4.78, 5) is 0. The summed E-state index contributed by atoms with van der Waals surface area (Å²) < 4.78 is 13.9. The molecule has 4 aromatic rings. The minimum atomic E-state index is -0.159. The molecular formula is C26H23F. The summed E-state index contributed by atoms with van der Waals surface area (Å²) in [5.41, 5.74) is 9.08. The lowest BCUT2D eigenvalue weighted by Gasteiger charge is -2.13. The van der Waals surface area contributed by atoms with Crippen molar-refractivity contribution in [3.63, 3.8) is 0 Å². The molecule has 4 aromatic carbocycles. The number of hydrogen-bond donors (Lipinski definition) is 0. The van der Waals surface area contributed by atoms with E-state index >= 15 is 0 Å². The summed E-state index contributed by atoms with van der Waals surface area (Å²) in [7, 11) is 0. The summed E-state index contributed by atoms with van der Waals surface area (Å²) in [6, 6.07) is 22.8. The SMILES string of the molecule is Cc1cc(C)c(-c2ccc3cc(-c4ccc(C)c(F)c4)ccc3c2)c(C)c1. The standard InChI is InChI=1S/C26H23F/c1-16-11-18(3)26(19(4)12-16)24-10-9-20-13-21(7-8-22(20)14-24)23-6-5-17(2)25(27)15-23/h5-15H,1-4H3. The van der Waals surface area contributed by atoms with Crippen molar-refractivity contribution in [1.82, 2.24) is 0 Å². The van der Waals surface area contributed by atoms with Crippen LogP contribution in [0.3, 0.4) is 0 Å². The highest BCUT2D eigenvalue weighted by atomic mass is 19.1. The van der Waals surface area contributed by atoms with Crippen LogP contribution in [0.25, 0.3) is 33.0 Å². The molecule has 0 N–H and O–H groups in total. The molecule has 0 spiro atoms. The Hall–Kier alpha value is -2.93. The van der Waals surface area contributed by atoms with Crippen LogP contribution in [0.5, 0.6) is 0 Å². The van der Waals surface area contributed by atoms with Gasteiger partial charge in [0.2, 0.25) is 0 Å². The van der Waals surface area contributed by atoms with Crippen LogP contribution in [0.15, 0.2) is 66.7 Å². The lowest BCUT2D eigenvalue weighted by atomic mass is 9.92. The number of rotatable bonds is 2. The van der Waals surface area contributed by atoms with Gasteiger partial charge in [-0.15, -0.1) is 0 Å². The minimum Gasteiger partial charge on any atom is -0.207 e. The van der Waals surface area contributed by atoms with Crippen molar-refractivity contribution < 1.29 is 4.39 Å². The molecule has 0 unspecified atom stereocenters. The second kappa shape index (κ2) is 6.66. The van der Waals surface area contributed by atoms with E-state index in [4.69, 9.17) is 0 Å². The maximum atomic E-state index is 13.9. The van der Waals surface area contributed by atoms with Crippen molar-refractivity contribution >= 4 is 10.8 Å². The van der Waals surface area contributed by atoms with Gasteiger partial charge >= 0.3 is 0 Å². The van der Waals surface area contributed by atoms with Crippen LogP contribution >= 0.6 is 0 Å². The highest BCUT2D eigenvalue weighted by Crippen LogP contribution is 2.32. The summed E-state index contributed by atoms with van der Waals surface area (Å²) in [5, 5.41) is 2.36. The number of benzene rings is 4. The Morgan fingerprint density at radius 2 is 1.04 bits per heavy atom. The monoisotopic (exact) mass is 354 g/mol. The third-order valence-corrected chi connectivity index (χ3v) is 5.31. The van der Waals surface area contributed by atoms with Gasteiger partial charge in [-0.25, -0.2) is 4.39 Å². The first kappa shape index (κ1) is 17.5. The average Bonchev–Trinajstić information content (AvgIpc) is 2.62. The van der Waals surface area contributed by atoms with Crippen molar-refractivity contribution in [2.45, 2.75) is 27.7 Å². The topological polar surface area (TPSA) is 0 Å². The summed E-state index contributed by atoms with van der Waals surface area (Å²) >= 11 is 0. The number of hydrogen-bond acceptors (Lipinski definition) is 0. The molecule has 0 nitrogen and oxygen atoms in total. The van der Waals surface area contributed by atoms with E-state index in [0.717, 1.165) is 11.1 Å². The van der Waals surface area contributed by atoms with E-state index in [1.54, 1.807) is 13.0 Å². The molecule has 1 heteroatoms. The van der Waals surface area contributed by atoms with Gasteiger partial charge in [-0.2, -0.15) is 0 Å². The first-order valence-corrected chi connectivity index (χ1v) is 9.31. The molecule has 27 heavy (non-hydrogen) atoms. The fourth-order valence-electron chi connectivity index (χ4n) is 3.99. The van der Waals surface area contributed by atoms with Crippen LogP contribution in [0.4, 0.5) is 4.39 Å². The zero-order valence-corrected chi connectivity index (χ0v) is 16.2. The van der Waals surface area contributed by atoms with E-state index in [2.05, 4.69) is 69.3 Å². The Kier molecular flexibility index (Phi) is 4.31. The van der Waals surface area contributed by atoms with Crippen molar-refractivity contribution in [2.75, 3.05) is 0 Å². The van der Waals surface area contributed by atoms with Crippen molar-refractivity contribution in [3.8, 4) is 22.3 Å². The van der Waals surface area contributed by atoms with Crippen molar-refractivity contribution in [3.05, 3.63) is 94.8 Å². The molecule has 0 aliphatic heterocycles. The summed E-state index contributed by atoms with van der Waals surface area (Å²) in [6.07, 6.45) is 0. The van der Waals surface area contributed by atoms with Gasteiger partial charge in [-0.05, 0) is 95.6 Å². The maximum absolute atomic E-state index is 13.9. The van der Waals surface area contributed by atoms with E-state index < -0.39 is 0 Å². The normalized spacial score (nSPS) is 11.1. The van der Waals surface area contributed by atoms with Crippen LogP contribution in [0.1, 0.15) is 22.3 Å². The van der Waals surface area contributed by atoms with Gasteiger partial charge in [0.05, 0.1) is 0 Å². The summed E-state index contributed by atoms with van der Waals surface area (Å²) in [6.45, 7) is 8.28. The Morgan fingerprint density at radius 3 is 1.67 bits per heavy atom. The van der Waals surface area contributed by atoms with Crippen molar-refractivity contribution in [1.29, 1.82) is 0 Å². The minimum absolute atomic E-state index is 0.159. The smallest absolute Gasteiger partial charge is 0.126 e. The predicted octanol–water partition coefficient (Wildman–Crippen LogP) is 7.55. The molecular weight excluding hydrogens is 331 g/mol. The Bertz CT molecular complexity index is 1150. The zero-order chi connectivity index (χ0) is 19.1. The van der Waals surface area contributed by atoms with Crippen LogP contribution < -0.4 is 0 Å². The Labute approximate surface area is 160 Å². The largest absolute Gasteiger partial charge is 0.207 e.